The Kier molecular flexibility index (Phi) is 9.73. The van der Waals surface area contributed by atoms with Crippen LogP contribution in [0.25, 0.3) is 22.6 Å². The molecule has 0 saturated carbocycles. The highest BCUT2D eigenvalue weighted by Gasteiger charge is 2.22. The van der Waals surface area contributed by atoms with Crippen molar-refractivity contribution in [1.82, 2.24) is 14.5 Å². The van der Waals surface area contributed by atoms with Crippen molar-refractivity contribution in [1.29, 1.82) is 0 Å². The van der Waals surface area contributed by atoms with Crippen LogP contribution >= 0.6 is 0 Å². The zero-order chi connectivity index (χ0) is 26.0. The van der Waals surface area contributed by atoms with Crippen molar-refractivity contribution < 1.29 is 0 Å². The molecular formula is C34H43N3. The third-order valence-electron chi connectivity index (χ3n) is 7.23. The minimum Gasteiger partial charge on any atom is -0.326 e. The van der Waals surface area contributed by atoms with Crippen molar-refractivity contribution in [2.24, 2.45) is 0 Å². The van der Waals surface area contributed by atoms with Gasteiger partial charge in [0, 0.05) is 30.8 Å². The minimum atomic E-state index is 0.892. The lowest BCUT2D eigenvalue weighted by Crippen LogP contribution is -2.26. The fourth-order valence-electron chi connectivity index (χ4n) is 5.11. The van der Waals surface area contributed by atoms with E-state index in [-0.39, 0.29) is 0 Å². The molecule has 0 N–H and O–H groups in total. The number of aryl methyl sites for hydroxylation is 2. The molecule has 0 aliphatic rings. The first-order valence-corrected chi connectivity index (χ1v) is 14.1. The first kappa shape index (κ1) is 26.9. The molecule has 0 amide bonds. The van der Waals surface area contributed by atoms with E-state index in [1.807, 2.05) is 0 Å². The number of aromatic nitrogens is 2. The number of hydrogen-bond donors (Lipinski definition) is 0. The van der Waals surface area contributed by atoms with Gasteiger partial charge < -0.3 is 4.57 Å². The minimum absolute atomic E-state index is 0.892. The maximum absolute atomic E-state index is 5.34. The summed E-state index contributed by atoms with van der Waals surface area (Å²) in [4.78, 5) is 7.97. The van der Waals surface area contributed by atoms with Crippen molar-refractivity contribution in [2.75, 3.05) is 6.54 Å². The molecule has 37 heavy (non-hydrogen) atoms. The lowest BCUT2D eigenvalue weighted by molar-refractivity contribution is 0.246. The molecule has 1 aromatic heterocycles. The second kappa shape index (κ2) is 13.4. The largest absolute Gasteiger partial charge is 0.326 e. The molecule has 1 heterocycles. The Morgan fingerprint density at radius 3 is 2.05 bits per heavy atom. The van der Waals surface area contributed by atoms with E-state index in [1.54, 1.807) is 0 Å². The number of nitrogens with zero attached hydrogens (tertiary/aromatic N) is 3. The molecule has 3 heteroatoms. The summed E-state index contributed by atoms with van der Waals surface area (Å²) in [6.45, 7) is 12.9. The van der Waals surface area contributed by atoms with Crippen molar-refractivity contribution >= 4 is 0 Å². The topological polar surface area (TPSA) is 21.1 Å². The van der Waals surface area contributed by atoms with Crippen LogP contribution in [0.5, 0.6) is 0 Å². The zero-order valence-electron chi connectivity index (χ0n) is 23.2. The Labute approximate surface area is 224 Å². The molecule has 0 radical (unpaired) electrons. The van der Waals surface area contributed by atoms with Gasteiger partial charge in [-0.15, -0.1) is 0 Å². The number of rotatable bonds is 13. The average Bonchev–Trinajstić information content (AvgIpc) is 3.27. The quantitative estimate of drug-likeness (QED) is 0.173. The predicted molar refractivity (Wildman–Crippen MR) is 158 cm³/mol. The molecule has 194 valence electrons. The molecule has 4 rings (SSSR count). The molecule has 0 atom stereocenters. The van der Waals surface area contributed by atoms with Crippen molar-refractivity contribution in [3.63, 3.8) is 0 Å². The van der Waals surface area contributed by atoms with Crippen molar-refractivity contribution in [3.8, 4) is 22.6 Å². The third-order valence-corrected chi connectivity index (χ3v) is 7.23. The van der Waals surface area contributed by atoms with E-state index in [9.17, 15) is 0 Å². The van der Waals surface area contributed by atoms with Gasteiger partial charge in [-0.3, -0.25) is 4.90 Å². The number of hydrogen-bond acceptors (Lipinski definition) is 2. The van der Waals surface area contributed by atoms with Gasteiger partial charge >= 0.3 is 0 Å². The summed E-state index contributed by atoms with van der Waals surface area (Å²) in [7, 11) is 0. The summed E-state index contributed by atoms with van der Waals surface area (Å²) in [5, 5.41) is 0. The first-order valence-electron chi connectivity index (χ1n) is 14.1. The van der Waals surface area contributed by atoms with E-state index in [0.29, 0.717) is 0 Å². The highest BCUT2D eigenvalue weighted by molar-refractivity contribution is 5.68. The monoisotopic (exact) mass is 493 g/mol. The second-order valence-corrected chi connectivity index (χ2v) is 10.3. The smallest absolute Gasteiger partial charge is 0.140 e. The Hall–Kier alpha value is -3.17. The highest BCUT2D eigenvalue weighted by Crippen LogP contribution is 2.31. The molecular weight excluding hydrogens is 450 g/mol. The van der Waals surface area contributed by atoms with Gasteiger partial charge in [0.15, 0.2) is 0 Å². The normalized spacial score (nSPS) is 11.4. The lowest BCUT2D eigenvalue weighted by Gasteiger charge is -2.25. The van der Waals surface area contributed by atoms with Gasteiger partial charge in [-0.2, -0.15) is 0 Å². The molecule has 3 nitrogen and oxygen atoms in total. The Balaban J connectivity index is 1.79. The number of imidazole rings is 1. The summed E-state index contributed by atoms with van der Waals surface area (Å²) >= 11 is 0. The molecule has 0 spiro atoms. The van der Waals surface area contributed by atoms with E-state index in [0.717, 1.165) is 37.7 Å². The summed E-state index contributed by atoms with van der Waals surface area (Å²) in [5.74, 6) is 1.09. The van der Waals surface area contributed by atoms with E-state index >= 15 is 0 Å². The predicted octanol–water partition coefficient (Wildman–Crippen LogP) is 8.83. The first-order chi connectivity index (χ1) is 18.1. The van der Waals surface area contributed by atoms with Crippen LogP contribution in [0.4, 0.5) is 0 Å². The molecule has 0 aliphatic carbocycles. The molecule has 3 aromatic carbocycles. The fourth-order valence-corrected chi connectivity index (χ4v) is 5.11. The maximum atomic E-state index is 5.34. The average molecular weight is 494 g/mol. The Morgan fingerprint density at radius 1 is 0.730 bits per heavy atom. The summed E-state index contributed by atoms with van der Waals surface area (Å²) in [6, 6.07) is 28.4. The molecule has 0 saturated heterocycles. The Morgan fingerprint density at radius 2 is 1.41 bits per heavy atom. The second-order valence-electron chi connectivity index (χ2n) is 10.3. The van der Waals surface area contributed by atoms with Crippen LogP contribution < -0.4 is 0 Å². The van der Waals surface area contributed by atoms with Crippen molar-refractivity contribution in [2.45, 2.75) is 79.4 Å². The van der Waals surface area contributed by atoms with Gasteiger partial charge in [-0.1, -0.05) is 118 Å². The Bertz CT molecular complexity index is 1240. The van der Waals surface area contributed by atoms with Gasteiger partial charge in [-0.25, -0.2) is 4.98 Å². The van der Waals surface area contributed by atoms with Crippen LogP contribution in [0.3, 0.4) is 0 Å². The summed E-state index contributed by atoms with van der Waals surface area (Å²) in [5.41, 5.74) is 8.98. The van der Waals surface area contributed by atoms with E-state index in [1.165, 1.54) is 65.6 Å². The standard InChI is InChI=1S/C34H43N3/c1-5-7-15-23-37-32(26-36(22-8-6-2)25-31-21-20-27(3)24-28(31)4)33(29-16-11-9-12-17-29)35-34(37)30-18-13-10-14-19-30/h9-14,16-21,24H,5-8,15,22-23,25-26H2,1-4H3. The fraction of sp³-hybridized carbons (Fsp3) is 0.382. The van der Waals surface area contributed by atoms with Crippen molar-refractivity contribution in [3.05, 3.63) is 101 Å². The number of benzene rings is 3. The van der Waals surface area contributed by atoms with Gasteiger partial charge in [0.1, 0.15) is 5.82 Å². The molecule has 0 fully saturated rings. The third kappa shape index (κ3) is 6.99. The van der Waals surface area contributed by atoms with Crippen LogP contribution in [-0.2, 0) is 19.6 Å². The maximum Gasteiger partial charge on any atom is 0.140 e. The van der Waals surface area contributed by atoms with Crippen LogP contribution in [-0.4, -0.2) is 21.0 Å². The van der Waals surface area contributed by atoms with Gasteiger partial charge in [-0.05, 0) is 44.4 Å². The number of unbranched alkanes of at least 4 members (excludes halogenated alkanes) is 3. The SMILES string of the molecule is CCCCCn1c(-c2ccccc2)nc(-c2ccccc2)c1CN(CCCC)Cc1ccc(C)cc1C. The summed E-state index contributed by atoms with van der Waals surface area (Å²) in [6.07, 6.45) is 6.00. The lowest BCUT2D eigenvalue weighted by atomic mass is 10.0. The molecule has 0 aliphatic heterocycles. The molecule has 4 aromatic rings. The molecule has 0 unspecified atom stereocenters. The summed E-state index contributed by atoms with van der Waals surface area (Å²) < 4.78 is 2.52. The van der Waals surface area contributed by atoms with E-state index in [4.69, 9.17) is 4.98 Å². The van der Waals surface area contributed by atoms with Crippen LogP contribution in [0.1, 0.15) is 68.3 Å². The van der Waals surface area contributed by atoms with Crippen LogP contribution in [0, 0.1) is 13.8 Å². The van der Waals surface area contributed by atoms with E-state index < -0.39 is 0 Å². The van der Waals surface area contributed by atoms with Crippen LogP contribution in [0.2, 0.25) is 0 Å². The van der Waals surface area contributed by atoms with Gasteiger partial charge in [0.2, 0.25) is 0 Å². The highest BCUT2D eigenvalue weighted by atomic mass is 15.2. The van der Waals surface area contributed by atoms with Gasteiger partial charge in [0.25, 0.3) is 0 Å². The molecule has 0 bridgehead atoms. The van der Waals surface area contributed by atoms with Crippen LogP contribution in [0.15, 0.2) is 78.9 Å². The van der Waals surface area contributed by atoms with Gasteiger partial charge in [0.05, 0.1) is 11.4 Å². The van der Waals surface area contributed by atoms with E-state index in [2.05, 4.69) is 116 Å². The zero-order valence-corrected chi connectivity index (χ0v) is 23.2.